The summed E-state index contributed by atoms with van der Waals surface area (Å²) in [5, 5.41) is 5.73. The van der Waals surface area contributed by atoms with Crippen molar-refractivity contribution < 1.29 is 9.32 Å². The Hall–Kier alpha value is -2.30. The number of rotatable bonds is 3. The summed E-state index contributed by atoms with van der Waals surface area (Å²) in [7, 11) is 0. The topological polar surface area (TPSA) is 72.5 Å². The van der Waals surface area contributed by atoms with E-state index in [0.29, 0.717) is 12.2 Å². The molecule has 0 spiro atoms. The number of benzene rings is 1. The van der Waals surface area contributed by atoms with Crippen LogP contribution in [-0.2, 0) is 6.42 Å². The van der Waals surface area contributed by atoms with E-state index in [1.807, 2.05) is 30.3 Å². The average molecular weight is 216 g/mol. The number of nitroso groups, excluding NO2 is 1. The van der Waals surface area contributed by atoms with Crippen molar-refractivity contribution in [3.63, 3.8) is 0 Å². The summed E-state index contributed by atoms with van der Waals surface area (Å²) in [6, 6.07) is 11.0. The second-order valence-corrected chi connectivity index (χ2v) is 3.24. The third kappa shape index (κ3) is 2.20. The molecule has 1 heterocycles. The van der Waals surface area contributed by atoms with E-state index in [0.717, 1.165) is 5.56 Å². The molecule has 0 aliphatic heterocycles. The summed E-state index contributed by atoms with van der Waals surface area (Å²) >= 11 is 0. The van der Waals surface area contributed by atoms with Crippen LogP contribution in [0.4, 0.5) is 0 Å². The molecule has 2 aromatic rings. The fourth-order valence-corrected chi connectivity index (χ4v) is 1.34. The first-order chi connectivity index (χ1) is 7.79. The molecule has 2 rings (SSSR count). The van der Waals surface area contributed by atoms with E-state index in [9.17, 15) is 9.70 Å². The van der Waals surface area contributed by atoms with Crippen LogP contribution in [0.2, 0.25) is 0 Å². The van der Waals surface area contributed by atoms with Crippen LogP contribution in [0.1, 0.15) is 21.8 Å². The molecule has 1 amide bonds. The van der Waals surface area contributed by atoms with Crippen LogP contribution in [0, 0.1) is 4.91 Å². The van der Waals surface area contributed by atoms with Crippen molar-refractivity contribution in [1.82, 2.24) is 5.16 Å². The maximum absolute atomic E-state index is 10.9. The fraction of sp³-hybridized carbons (Fsp3) is 0.0909. The molecule has 0 aliphatic carbocycles. The summed E-state index contributed by atoms with van der Waals surface area (Å²) in [5.41, 5.74) is 0.984. The molecular formula is C11H8N2O3. The predicted octanol–water partition coefficient (Wildman–Crippen LogP) is 2.17. The van der Waals surface area contributed by atoms with Crippen molar-refractivity contribution in [3.8, 4) is 0 Å². The third-order valence-corrected chi connectivity index (χ3v) is 2.08. The molecule has 0 bridgehead atoms. The van der Waals surface area contributed by atoms with Crippen molar-refractivity contribution in [2.24, 2.45) is 5.18 Å². The van der Waals surface area contributed by atoms with Gasteiger partial charge in [-0.05, 0) is 5.56 Å². The molecule has 0 saturated heterocycles. The molecule has 0 N–H and O–H groups in total. The lowest BCUT2D eigenvalue weighted by molar-refractivity contribution is 0.0992. The lowest BCUT2D eigenvalue weighted by atomic mass is 10.1. The molecule has 0 unspecified atom stereocenters. The van der Waals surface area contributed by atoms with Crippen LogP contribution in [0.25, 0.3) is 0 Å². The van der Waals surface area contributed by atoms with E-state index < -0.39 is 5.91 Å². The first-order valence-electron chi connectivity index (χ1n) is 4.67. The quantitative estimate of drug-likeness (QED) is 0.737. The Kier molecular flexibility index (Phi) is 2.86. The molecule has 1 aromatic carbocycles. The number of amides is 1. The Morgan fingerprint density at radius 2 is 2.06 bits per heavy atom. The van der Waals surface area contributed by atoms with Crippen molar-refractivity contribution in [2.45, 2.75) is 6.42 Å². The largest absolute Gasteiger partial charge is 0.360 e. The van der Waals surface area contributed by atoms with Crippen LogP contribution in [-0.4, -0.2) is 11.1 Å². The highest BCUT2D eigenvalue weighted by molar-refractivity contribution is 5.92. The van der Waals surface area contributed by atoms with Crippen LogP contribution in [0.3, 0.4) is 0 Å². The zero-order valence-corrected chi connectivity index (χ0v) is 8.29. The van der Waals surface area contributed by atoms with Gasteiger partial charge in [-0.3, -0.25) is 4.79 Å². The Balaban J connectivity index is 2.14. The van der Waals surface area contributed by atoms with Gasteiger partial charge in [-0.2, -0.15) is 0 Å². The molecule has 0 aliphatic rings. The number of carbonyl (C=O) groups is 1. The molecule has 5 heteroatoms. The molecule has 80 valence electrons. The highest BCUT2D eigenvalue weighted by Gasteiger charge is 2.12. The first kappa shape index (κ1) is 10.2. The molecule has 1 aromatic heterocycles. The van der Waals surface area contributed by atoms with Gasteiger partial charge < -0.3 is 4.52 Å². The minimum Gasteiger partial charge on any atom is -0.360 e. The predicted molar refractivity (Wildman–Crippen MR) is 55.9 cm³/mol. The smallest absolute Gasteiger partial charge is 0.338 e. The third-order valence-electron chi connectivity index (χ3n) is 2.08. The number of hydrogen-bond donors (Lipinski definition) is 0. The zero-order valence-electron chi connectivity index (χ0n) is 8.29. The minimum absolute atomic E-state index is 0.0547. The van der Waals surface area contributed by atoms with Gasteiger partial charge in [0.1, 0.15) is 5.76 Å². The maximum atomic E-state index is 10.9. The molecular weight excluding hydrogens is 208 g/mol. The van der Waals surface area contributed by atoms with Gasteiger partial charge >= 0.3 is 5.91 Å². The second-order valence-electron chi connectivity index (χ2n) is 3.24. The van der Waals surface area contributed by atoms with Crippen LogP contribution >= 0.6 is 0 Å². The molecule has 0 atom stereocenters. The van der Waals surface area contributed by atoms with E-state index in [1.165, 1.54) is 6.07 Å². The molecule has 5 nitrogen and oxygen atoms in total. The van der Waals surface area contributed by atoms with E-state index >= 15 is 0 Å². The summed E-state index contributed by atoms with van der Waals surface area (Å²) in [5.74, 6) is -0.388. The van der Waals surface area contributed by atoms with Crippen molar-refractivity contribution in [2.75, 3.05) is 0 Å². The first-order valence-corrected chi connectivity index (χ1v) is 4.67. The van der Waals surface area contributed by atoms with Gasteiger partial charge in [-0.25, -0.2) is 0 Å². The number of carbonyl (C=O) groups excluding carboxylic acids is 1. The lowest BCUT2D eigenvalue weighted by Crippen LogP contribution is -1.92. The van der Waals surface area contributed by atoms with E-state index in [4.69, 9.17) is 4.52 Å². The minimum atomic E-state index is -0.914. The summed E-state index contributed by atoms with van der Waals surface area (Å²) < 4.78 is 4.92. The van der Waals surface area contributed by atoms with E-state index in [-0.39, 0.29) is 5.69 Å². The fourth-order valence-electron chi connectivity index (χ4n) is 1.34. The highest BCUT2D eigenvalue weighted by Crippen LogP contribution is 2.11. The second kappa shape index (κ2) is 4.48. The van der Waals surface area contributed by atoms with Gasteiger partial charge in [-0.1, -0.05) is 35.5 Å². The Labute approximate surface area is 91.0 Å². The standard InChI is InChI=1S/C11H8N2O3/c14-11(12-15)10-7-9(16-13-10)6-8-4-2-1-3-5-8/h1-5,7H,6H2. The molecule has 0 saturated carbocycles. The van der Waals surface area contributed by atoms with Crippen LogP contribution in [0.15, 0.2) is 46.1 Å². The maximum Gasteiger partial charge on any atom is 0.338 e. The highest BCUT2D eigenvalue weighted by atomic mass is 16.5. The van der Waals surface area contributed by atoms with Gasteiger partial charge in [0.15, 0.2) is 5.69 Å². The SMILES string of the molecule is O=NC(=O)c1cc(Cc2ccccc2)on1. The summed E-state index contributed by atoms with van der Waals surface area (Å²) in [6.07, 6.45) is 0.528. The zero-order chi connectivity index (χ0) is 11.4. The Morgan fingerprint density at radius 3 is 2.75 bits per heavy atom. The molecule has 0 fully saturated rings. The van der Waals surface area contributed by atoms with E-state index in [2.05, 4.69) is 10.3 Å². The van der Waals surface area contributed by atoms with Gasteiger partial charge in [0.05, 0.1) is 0 Å². The van der Waals surface area contributed by atoms with Crippen molar-refractivity contribution in [3.05, 3.63) is 58.3 Å². The Morgan fingerprint density at radius 1 is 1.31 bits per heavy atom. The monoisotopic (exact) mass is 216 g/mol. The summed E-state index contributed by atoms with van der Waals surface area (Å²) in [6.45, 7) is 0. The molecule has 16 heavy (non-hydrogen) atoms. The van der Waals surface area contributed by atoms with Gasteiger partial charge in [0.2, 0.25) is 0 Å². The van der Waals surface area contributed by atoms with Gasteiger partial charge in [0, 0.05) is 17.7 Å². The van der Waals surface area contributed by atoms with Crippen molar-refractivity contribution >= 4 is 5.91 Å². The van der Waals surface area contributed by atoms with Gasteiger partial charge in [0.25, 0.3) is 0 Å². The Bertz CT molecular complexity index is 505. The number of aromatic nitrogens is 1. The molecule has 0 radical (unpaired) electrons. The lowest BCUT2D eigenvalue weighted by Gasteiger charge is -1.94. The van der Waals surface area contributed by atoms with Gasteiger partial charge in [-0.15, -0.1) is 4.91 Å². The average Bonchev–Trinajstić information content (AvgIpc) is 2.78. The van der Waals surface area contributed by atoms with Crippen LogP contribution in [0.5, 0.6) is 0 Å². The summed E-state index contributed by atoms with van der Waals surface area (Å²) in [4.78, 5) is 20.9. The van der Waals surface area contributed by atoms with Crippen LogP contribution < -0.4 is 0 Å². The van der Waals surface area contributed by atoms with Crippen molar-refractivity contribution in [1.29, 1.82) is 0 Å². The number of hydrogen-bond acceptors (Lipinski definition) is 4. The number of nitrogens with zero attached hydrogens (tertiary/aromatic N) is 2. The normalized spacial score (nSPS) is 10.0. The van der Waals surface area contributed by atoms with E-state index in [1.54, 1.807) is 0 Å².